The van der Waals surface area contributed by atoms with Gasteiger partial charge in [-0.25, -0.2) is 4.39 Å². The molecular weight excluding hydrogens is 397 g/mol. The van der Waals surface area contributed by atoms with Crippen molar-refractivity contribution in [3.8, 4) is 0 Å². The fourth-order valence-corrected chi connectivity index (χ4v) is 5.25. The van der Waals surface area contributed by atoms with Gasteiger partial charge in [-0.15, -0.1) is 11.8 Å². The van der Waals surface area contributed by atoms with E-state index in [-0.39, 0.29) is 16.5 Å². The SMILES string of the molecule is O=c1c(CN2CCC(c3cccc(F)c3)Sc3ccccc32)coc2ccccc12. The Labute approximate surface area is 178 Å². The minimum atomic E-state index is -0.212. The molecule has 3 aromatic carbocycles. The van der Waals surface area contributed by atoms with E-state index in [1.54, 1.807) is 36.2 Å². The zero-order chi connectivity index (χ0) is 20.5. The van der Waals surface area contributed by atoms with Crippen molar-refractivity contribution in [2.75, 3.05) is 11.4 Å². The van der Waals surface area contributed by atoms with Gasteiger partial charge in [-0.2, -0.15) is 0 Å². The van der Waals surface area contributed by atoms with E-state index in [0.29, 0.717) is 23.1 Å². The lowest BCUT2D eigenvalue weighted by atomic mass is 10.1. The summed E-state index contributed by atoms with van der Waals surface area (Å²) in [7, 11) is 0. The molecule has 0 saturated heterocycles. The molecule has 0 N–H and O–H groups in total. The molecule has 0 amide bonds. The average molecular weight is 418 g/mol. The maximum absolute atomic E-state index is 13.8. The van der Waals surface area contributed by atoms with Gasteiger partial charge in [-0.1, -0.05) is 36.4 Å². The second-order valence-electron chi connectivity index (χ2n) is 7.43. The van der Waals surface area contributed by atoms with Crippen molar-refractivity contribution in [1.82, 2.24) is 0 Å². The molecular formula is C25H20FNO2S. The number of nitrogens with zero attached hydrogens (tertiary/aromatic N) is 1. The van der Waals surface area contributed by atoms with E-state index in [9.17, 15) is 9.18 Å². The summed E-state index contributed by atoms with van der Waals surface area (Å²) < 4.78 is 19.5. The number of rotatable bonds is 3. The molecule has 1 unspecified atom stereocenters. The van der Waals surface area contributed by atoms with Gasteiger partial charge in [0.2, 0.25) is 0 Å². The summed E-state index contributed by atoms with van der Waals surface area (Å²) in [4.78, 5) is 16.3. The lowest BCUT2D eigenvalue weighted by Gasteiger charge is -2.24. The Morgan fingerprint density at radius 2 is 1.87 bits per heavy atom. The summed E-state index contributed by atoms with van der Waals surface area (Å²) in [6.07, 6.45) is 2.43. The summed E-state index contributed by atoms with van der Waals surface area (Å²) in [5.74, 6) is -0.212. The number of benzene rings is 3. The van der Waals surface area contributed by atoms with Crippen LogP contribution in [0.25, 0.3) is 11.0 Å². The van der Waals surface area contributed by atoms with Crippen LogP contribution in [0.4, 0.5) is 10.1 Å². The van der Waals surface area contributed by atoms with Gasteiger partial charge in [-0.05, 0) is 48.4 Å². The van der Waals surface area contributed by atoms with Crippen LogP contribution in [-0.2, 0) is 6.54 Å². The molecule has 1 aliphatic rings. The molecule has 5 heteroatoms. The zero-order valence-electron chi connectivity index (χ0n) is 16.3. The quantitative estimate of drug-likeness (QED) is 0.399. The number of para-hydroxylation sites is 2. The first-order valence-corrected chi connectivity index (χ1v) is 10.8. The molecule has 0 spiro atoms. The first-order valence-electron chi connectivity index (χ1n) is 9.94. The largest absolute Gasteiger partial charge is 0.464 e. The fourth-order valence-electron chi connectivity index (χ4n) is 3.96. The average Bonchev–Trinajstić information content (AvgIpc) is 2.96. The molecule has 3 nitrogen and oxygen atoms in total. The van der Waals surface area contributed by atoms with Crippen molar-refractivity contribution in [1.29, 1.82) is 0 Å². The van der Waals surface area contributed by atoms with E-state index >= 15 is 0 Å². The van der Waals surface area contributed by atoms with Gasteiger partial charge in [-0.3, -0.25) is 4.79 Å². The summed E-state index contributed by atoms with van der Waals surface area (Å²) in [5.41, 5.74) is 3.32. The van der Waals surface area contributed by atoms with Crippen LogP contribution in [0.3, 0.4) is 0 Å². The minimum Gasteiger partial charge on any atom is -0.464 e. The normalized spacial score (nSPS) is 16.3. The smallest absolute Gasteiger partial charge is 0.197 e. The Bertz CT molecular complexity index is 1270. The molecule has 1 atom stereocenters. The maximum atomic E-state index is 13.8. The lowest BCUT2D eigenvalue weighted by Crippen LogP contribution is -2.27. The number of hydrogen-bond donors (Lipinski definition) is 0. The first-order chi connectivity index (χ1) is 14.7. The second kappa shape index (κ2) is 8.00. The summed E-state index contributed by atoms with van der Waals surface area (Å²) >= 11 is 1.75. The third-order valence-corrected chi connectivity index (χ3v) is 6.86. The summed E-state index contributed by atoms with van der Waals surface area (Å²) in [6.45, 7) is 1.23. The minimum absolute atomic E-state index is 0.00733. The maximum Gasteiger partial charge on any atom is 0.197 e. The van der Waals surface area contributed by atoms with Gasteiger partial charge in [0.05, 0.1) is 22.9 Å². The van der Waals surface area contributed by atoms with Gasteiger partial charge in [0.15, 0.2) is 5.43 Å². The van der Waals surface area contributed by atoms with Crippen LogP contribution < -0.4 is 10.3 Å². The van der Waals surface area contributed by atoms with Crippen molar-refractivity contribution < 1.29 is 8.81 Å². The Morgan fingerprint density at radius 1 is 1.03 bits per heavy atom. The molecule has 0 saturated carbocycles. The van der Waals surface area contributed by atoms with E-state index < -0.39 is 0 Å². The molecule has 5 rings (SSSR count). The molecule has 0 bridgehead atoms. The topological polar surface area (TPSA) is 33.5 Å². The highest BCUT2D eigenvalue weighted by Gasteiger charge is 2.24. The van der Waals surface area contributed by atoms with E-state index in [2.05, 4.69) is 17.0 Å². The predicted molar refractivity (Wildman–Crippen MR) is 120 cm³/mol. The number of hydrogen-bond acceptors (Lipinski definition) is 4. The highest BCUT2D eigenvalue weighted by Crippen LogP contribution is 2.45. The molecule has 0 fully saturated rings. The molecule has 150 valence electrons. The second-order valence-corrected chi connectivity index (χ2v) is 8.67. The number of fused-ring (bicyclic) bond motifs is 2. The van der Waals surface area contributed by atoms with Crippen molar-refractivity contribution >= 4 is 28.4 Å². The van der Waals surface area contributed by atoms with E-state index in [1.807, 2.05) is 36.4 Å². The summed E-state index contributed by atoms with van der Waals surface area (Å²) in [5, 5.41) is 0.755. The molecule has 4 aromatic rings. The molecule has 0 aliphatic carbocycles. The monoisotopic (exact) mass is 417 g/mol. The molecule has 1 aliphatic heterocycles. The van der Waals surface area contributed by atoms with Gasteiger partial charge in [0.1, 0.15) is 11.4 Å². The van der Waals surface area contributed by atoms with Gasteiger partial charge < -0.3 is 9.32 Å². The van der Waals surface area contributed by atoms with Crippen LogP contribution in [0.15, 0.2) is 93.2 Å². The van der Waals surface area contributed by atoms with Gasteiger partial charge in [0.25, 0.3) is 0 Å². The third kappa shape index (κ3) is 3.61. The molecule has 2 heterocycles. The fraction of sp³-hybridized carbons (Fsp3) is 0.160. The van der Waals surface area contributed by atoms with Crippen LogP contribution in [0.1, 0.15) is 22.8 Å². The van der Waals surface area contributed by atoms with Crippen LogP contribution in [0.2, 0.25) is 0 Å². The van der Waals surface area contributed by atoms with Crippen LogP contribution in [0.5, 0.6) is 0 Å². The Hall–Kier alpha value is -3.05. The number of thioether (sulfide) groups is 1. The standard InChI is InChI=1S/C25H20FNO2S/c26-19-7-5-6-17(14-19)23-12-13-27(21-9-2-4-11-24(21)30-23)15-18-16-29-22-10-3-1-8-20(22)25(18)28/h1-11,14,16,23H,12-13,15H2. The third-order valence-electron chi connectivity index (χ3n) is 5.47. The highest BCUT2D eigenvalue weighted by molar-refractivity contribution is 7.99. The predicted octanol–water partition coefficient (Wildman–Crippen LogP) is 6.18. The number of anilines is 1. The van der Waals surface area contributed by atoms with Crippen LogP contribution >= 0.6 is 11.8 Å². The summed E-state index contributed by atoms with van der Waals surface area (Å²) in [6, 6.07) is 22.4. The van der Waals surface area contributed by atoms with Crippen molar-refractivity contribution in [3.63, 3.8) is 0 Å². The lowest BCUT2D eigenvalue weighted by molar-refractivity contribution is 0.588. The Morgan fingerprint density at radius 3 is 2.77 bits per heavy atom. The van der Waals surface area contributed by atoms with Crippen molar-refractivity contribution in [3.05, 3.63) is 106 Å². The van der Waals surface area contributed by atoms with Gasteiger partial charge in [0, 0.05) is 23.2 Å². The Balaban J connectivity index is 1.49. The molecule has 30 heavy (non-hydrogen) atoms. The van der Waals surface area contributed by atoms with Gasteiger partial charge >= 0.3 is 0 Å². The van der Waals surface area contributed by atoms with Crippen LogP contribution in [-0.4, -0.2) is 6.54 Å². The van der Waals surface area contributed by atoms with E-state index in [1.165, 1.54) is 6.07 Å². The molecule has 1 aromatic heterocycles. The zero-order valence-corrected chi connectivity index (χ0v) is 17.1. The Kier molecular flexibility index (Phi) is 5.05. The number of halogens is 1. The van der Waals surface area contributed by atoms with E-state index in [0.717, 1.165) is 29.1 Å². The molecule has 0 radical (unpaired) electrons. The van der Waals surface area contributed by atoms with Crippen molar-refractivity contribution in [2.45, 2.75) is 23.1 Å². The first kappa shape index (κ1) is 18.9. The van der Waals surface area contributed by atoms with E-state index in [4.69, 9.17) is 4.42 Å². The van der Waals surface area contributed by atoms with Crippen LogP contribution in [0, 0.1) is 5.82 Å². The highest BCUT2D eigenvalue weighted by atomic mass is 32.2. The van der Waals surface area contributed by atoms with Crippen molar-refractivity contribution in [2.24, 2.45) is 0 Å².